The highest BCUT2D eigenvalue weighted by Crippen LogP contribution is 1.90. The largest absolute Gasteiger partial charge is 0.460 e. The third-order valence-electron chi connectivity index (χ3n) is 1.31. The van der Waals surface area contributed by atoms with Crippen molar-refractivity contribution in [3.63, 3.8) is 0 Å². The van der Waals surface area contributed by atoms with Gasteiger partial charge in [0.1, 0.15) is 12.4 Å². The molecule has 0 spiro atoms. The fourth-order valence-corrected chi connectivity index (χ4v) is 0.517. The van der Waals surface area contributed by atoms with E-state index in [1.807, 2.05) is 0 Å². The zero-order chi connectivity index (χ0) is 10.3. The summed E-state index contributed by atoms with van der Waals surface area (Å²) in [6.45, 7) is 0.633. The Labute approximate surface area is 78.1 Å². The fraction of sp³-hybridized carbons (Fsp3) is 0.625. The number of hydrogen-bond donors (Lipinski definition) is 1. The first-order valence-electron chi connectivity index (χ1n) is 3.88. The molecule has 0 bridgehead atoms. The van der Waals surface area contributed by atoms with Crippen LogP contribution in [-0.2, 0) is 14.3 Å². The monoisotopic (exact) mass is 188 g/mol. The highest BCUT2D eigenvalue weighted by molar-refractivity contribution is 5.82. The SMILES string of the molecule is COCCOC(=O)/C=C(/N)N(C)C. The molecule has 0 radical (unpaired) electrons. The van der Waals surface area contributed by atoms with Crippen LogP contribution in [0, 0.1) is 0 Å². The molecule has 5 heteroatoms. The summed E-state index contributed by atoms with van der Waals surface area (Å²) in [6.07, 6.45) is 1.23. The number of carbonyl (C=O) groups excluding carboxylic acids is 1. The number of methoxy groups -OCH3 is 1. The van der Waals surface area contributed by atoms with Gasteiger partial charge in [-0.15, -0.1) is 0 Å². The molecule has 2 N–H and O–H groups in total. The summed E-state index contributed by atoms with van der Waals surface area (Å²) in [7, 11) is 5.03. The topological polar surface area (TPSA) is 64.8 Å². The third kappa shape index (κ3) is 5.98. The van der Waals surface area contributed by atoms with Crippen LogP contribution in [0.25, 0.3) is 0 Å². The summed E-state index contributed by atoms with van der Waals surface area (Å²) in [6, 6.07) is 0. The lowest BCUT2D eigenvalue weighted by atomic mass is 10.5. The highest BCUT2D eigenvalue weighted by atomic mass is 16.6. The van der Waals surface area contributed by atoms with Crippen LogP contribution in [0.2, 0.25) is 0 Å². The zero-order valence-corrected chi connectivity index (χ0v) is 8.24. The van der Waals surface area contributed by atoms with Crippen LogP contribution in [0.5, 0.6) is 0 Å². The van der Waals surface area contributed by atoms with Crippen molar-refractivity contribution in [1.82, 2.24) is 4.90 Å². The van der Waals surface area contributed by atoms with Gasteiger partial charge in [0.25, 0.3) is 0 Å². The Morgan fingerprint density at radius 1 is 1.46 bits per heavy atom. The predicted molar refractivity (Wildman–Crippen MR) is 48.8 cm³/mol. The fourth-order valence-electron chi connectivity index (χ4n) is 0.517. The molecule has 0 aromatic heterocycles. The molecular formula is C8H16N2O3. The van der Waals surface area contributed by atoms with Crippen molar-refractivity contribution in [2.24, 2.45) is 5.73 Å². The Morgan fingerprint density at radius 3 is 2.54 bits per heavy atom. The first-order chi connectivity index (χ1) is 6.07. The van der Waals surface area contributed by atoms with Gasteiger partial charge in [0.15, 0.2) is 0 Å². The van der Waals surface area contributed by atoms with Crippen molar-refractivity contribution in [3.8, 4) is 0 Å². The van der Waals surface area contributed by atoms with E-state index in [0.29, 0.717) is 12.4 Å². The lowest BCUT2D eigenvalue weighted by molar-refractivity contribution is -0.139. The number of ether oxygens (including phenoxy) is 2. The molecule has 0 rings (SSSR count). The van der Waals surface area contributed by atoms with Gasteiger partial charge in [0.2, 0.25) is 0 Å². The van der Waals surface area contributed by atoms with Crippen LogP contribution in [0.1, 0.15) is 0 Å². The summed E-state index contributed by atoms with van der Waals surface area (Å²) in [5.74, 6) is -0.0920. The molecular weight excluding hydrogens is 172 g/mol. The lowest BCUT2D eigenvalue weighted by Crippen LogP contribution is -2.20. The number of nitrogens with two attached hydrogens (primary N) is 1. The molecule has 0 aliphatic carbocycles. The van der Waals surface area contributed by atoms with Crippen LogP contribution in [-0.4, -0.2) is 45.3 Å². The van der Waals surface area contributed by atoms with Gasteiger partial charge in [-0.05, 0) is 0 Å². The van der Waals surface area contributed by atoms with E-state index >= 15 is 0 Å². The molecule has 0 saturated heterocycles. The third-order valence-corrected chi connectivity index (χ3v) is 1.31. The van der Waals surface area contributed by atoms with Crippen LogP contribution in [0.15, 0.2) is 11.9 Å². The van der Waals surface area contributed by atoms with Crippen LogP contribution in [0.3, 0.4) is 0 Å². The summed E-state index contributed by atoms with van der Waals surface area (Å²) < 4.78 is 9.46. The van der Waals surface area contributed by atoms with Crippen molar-refractivity contribution < 1.29 is 14.3 Å². The van der Waals surface area contributed by atoms with Crippen LogP contribution >= 0.6 is 0 Å². The molecule has 0 aromatic rings. The summed E-state index contributed by atoms with van der Waals surface area (Å²) in [5.41, 5.74) is 5.48. The van der Waals surface area contributed by atoms with E-state index in [1.165, 1.54) is 13.2 Å². The minimum atomic E-state index is -0.455. The summed E-state index contributed by atoms with van der Waals surface area (Å²) in [5, 5.41) is 0. The molecule has 0 atom stereocenters. The Bertz CT molecular complexity index is 190. The van der Waals surface area contributed by atoms with Crippen molar-refractivity contribution >= 4 is 5.97 Å². The average Bonchev–Trinajstić information content (AvgIpc) is 2.04. The zero-order valence-electron chi connectivity index (χ0n) is 8.24. The number of rotatable bonds is 5. The minimum Gasteiger partial charge on any atom is -0.460 e. The van der Waals surface area contributed by atoms with E-state index in [2.05, 4.69) is 0 Å². The van der Waals surface area contributed by atoms with E-state index in [0.717, 1.165) is 0 Å². The molecule has 0 aromatic carbocycles. The van der Waals surface area contributed by atoms with E-state index in [1.54, 1.807) is 19.0 Å². The standard InChI is InChI=1S/C8H16N2O3/c1-10(2)7(9)6-8(11)13-5-4-12-3/h6H,4-5,9H2,1-3H3/b7-6-. The molecule has 5 nitrogen and oxygen atoms in total. The molecule has 0 aliphatic rings. The van der Waals surface area contributed by atoms with Gasteiger partial charge in [-0.25, -0.2) is 4.79 Å². The van der Waals surface area contributed by atoms with Gasteiger partial charge in [-0.3, -0.25) is 0 Å². The molecule has 0 fully saturated rings. The predicted octanol–water partition coefficient (Wildman–Crippen LogP) is -0.462. The molecule has 0 saturated carbocycles. The van der Waals surface area contributed by atoms with Gasteiger partial charge >= 0.3 is 5.97 Å². The normalized spacial score (nSPS) is 11.2. The highest BCUT2D eigenvalue weighted by Gasteiger charge is 2.00. The second-order valence-corrected chi connectivity index (χ2v) is 2.62. The molecule has 0 aliphatic heterocycles. The Balaban J connectivity index is 3.79. The smallest absolute Gasteiger partial charge is 0.334 e. The van der Waals surface area contributed by atoms with Gasteiger partial charge in [0, 0.05) is 21.2 Å². The van der Waals surface area contributed by atoms with Crippen molar-refractivity contribution in [2.45, 2.75) is 0 Å². The van der Waals surface area contributed by atoms with Crippen LogP contribution in [0.4, 0.5) is 0 Å². The average molecular weight is 188 g/mol. The van der Waals surface area contributed by atoms with Gasteiger partial charge in [0.05, 0.1) is 12.7 Å². The molecule has 0 unspecified atom stereocenters. The lowest BCUT2D eigenvalue weighted by Gasteiger charge is -2.11. The number of esters is 1. The maximum absolute atomic E-state index is 11.0. The van der Waals surface area contributed by atoms with E-state index in [9.17, 15) is 4.79 Å². The van der Waals surface area contributed by atoms with Crippen molar-refractivity contribution in [1.29, 1.82) is 0 Å². The Kier molecular flexibility index (Phi) is 5.71. The molecule has 0 heterocycles. The Morgan fingerprint density at radius 2 is 2.08 bits per heavy atom. The molecule has 13 heavy (non-hydrogen) atoms. The van der Waals surface area contributed by atoms with Gasteiger partial charge in [-0.1, -0.05) is 0 Å². The van der Waals surface area contributed by atoms with Gasteiger partial charge in [-0.2, -0.15) is 0 Å². The minimum absolute atomic E-state index is 0.243. The maximum atomic E-state index is 11.0. The summed E-state index contributed by atoms with van der Waals surface area (Å²) in [4.78, 5) is 12.6. The van der Waals surface area contributed by atoms with E-state index in [-0.39, 0.29) is 6.61 Å². The van der Waals surface area contributed by atoms with E-state index < -0.39 is 5.97 Å². The molecule has 0 amide bonds. The Hall–Kier alpha value is -1.23. The first kappa shape index (κ1) is 11.8. The van der Waals surface area contributed by atoms with E-state index in [4.69, 9.17) is 15.2 Å². The second-order valence-electron chi connectivity index (χ2n) is 2.62. The number of nitrogens with zero attached hydrogens (tertiary/aromatic N) is 1. The van der Waals surface area contributed by atoms with Crippen molar-refractivity contribution in [2.75, 3.05) is 34.4 Å². The van der Waals surface area contributed by atoms with Crippen LogP contribution < -0.4 is 5.73 Å². The quantitative estimate of drug-likeness (QED) is 0.359. The first-order valence-corrected chi connectivity index (χ1v) is 3.88. The number of hydrogen-bond acceptors (Lipinski definition) is 5. The number of carbonyl (C=O) groups is 1. The maximum Gasteiger partial charge on any atom is 0.334 e. The second kappa shape index (κ2) is 6.30. The summed E-state index contributed by atoms with van der Waals surface area (Å²) >= 11 is 0. The molecule has 76 valence electrons. The van der Waals surface area contributed by atoms with Gasteiger partial charge < -0.3 is 20.1 Å². The van der Waals surface area contributed by atoms with Crippen molar-refractivity contribution in [3.05, 3.63) is 11.9 Å².